The van der Waals surface area contributed by atoms with Gasteiger partial charge in [0.1, 0.15) is 11.8 Å². The van der Waals surface area contributed by atoms with Crippen LogP contribution in [0.1, 0.15) is 24.8 Å². The van der Waals surface area contributed by atoms with Crippen LogP contribution in [0.25, 0.3) is 27.9 Å². The van der Waals surface area contributed by atoms with Crippen LogP contribution in [-0.4, -0.2) is 43.2 Å². The van der Waals surface area contributed by atoms with Crippen molar-refractivity contribution in [1.29, 1.82) is 0 Å². The summed E-state index contributed by atoms with van der Waals surface area (Å²) >= 11 is 0. The van der Waals surface area contributed by atoms with E-state index in [-0.39, 0.29) is 17.7 Å². The molecule has 1 aliphatic heterocycles. The van der Waals surface area contributed by atoms with Crippen molar-refractivity contribution >= 4 is 28.4 Å². The standard InChI is InChI=1S/C22H22N6O2/c1-13-5-10-16-18(12-13)25-22(24-17-4-2-3-11-23-21(17)30)28-20(16)26-19(27-28)14-6-8-15(29)9-7-14/h5-10,12,17,29H,2-4,11H2,1H3,(H,23,30)(H,24,25)/t17-/m1/s1. The predicted molar refractivity (Wildman–Crippen MR) is 114 cm³/mol. The molecule has 3 N–H and O–H groups in total. The Morgan fingerprint density at radius 2 is 1.97 bits per heavy atom. The van der Waals surface area contributed by atoms with Crippen molar-refractivity contribution in [1.82, 2.24) is 24.9 Å². The summed E-state index contributed by atoms with van der Waals surface area (Å²) in [5.41, 5.74) is 3.34. The Bertz CT molecular complexity index is 1250. The maximum absolute atomic E-state index is 12.5. The minimum Gasteiger partial charge on any atom is -0.508 e. The molecule has 3 heterocycles. The number of phenolic OH excluding ortho intramolecular Hbond substituents is 1. The normalized spacial score (nSPS) is 17.1. The van der Waals surface area contributed by atoms with E-state index in [0.717, 1.165) is 41.3 Å². The Kier molecular flexibility index (Phi) is 4.46. The Hall–Kier alpha value is -3.68. The Morgan fingerprint density at radius 3 is 2.80 bits per heavy atom. The molecule has 0 bridgehead atoms. The molecule has 0 saturated carbocycles. The zero-order valence-electron chi connectivity index (χ0n) is 16.6. The summed E-state index contributed by atoms with van der Waals surface area (Å²) in [6, 6.07) is 12.4. The topological polar surface area (TPSA) is 104 Å². The van der Waals surface area contributed by atoms with Crippen molar-refractivity contribution in [3.63, 3.8) is 0 Å². The minimum absolute atomic E-state index is 0.0225. The highest BCUT2D eigenvalue weighted by Gasteiger charge is 2.23. The zero-order valence-corrected chi connectivity index (χ0v) is 16.6. The van der Waals surface area contributed by atoms with E-state index in [0.29, 0.717) is 24.0 Å². The molecule has 0 aliphatic carbocycles. The molecular formula is C22H22N6O2. The van der Waals surface area contributed by atoms with Gasteiger partial charge < -0.3 is 15.7 Å². The number of anilines is 1. The van der Waals surface area contributed by atoms with E-state index in [4.69, 9.17) is 9.97 Å². The van der Waals surface area contributed by atoms with E-state index in [9.17, 15) is 9.90 Å². The van der Waals surface area contributed by atoms with Crippen molar-refractivity contribution in [2.24, 2.45) is 0 Å². The van der Waals surface area contributed by atoms with E-state index < -0.39 is 0 Å². The predicted octanol–water partition coefficient (Wildman–Crippen LogP) is 3.04. The number of hydrogen-bond donors (Lipinski definition) is 3. The molecule has 1 aliphatic rings. The summed E-state index contributed by atoms with van der Waals surface area (Å²) in [7, 11) is 0. The average molecular weight is 402 g/mol. The number of nitrogens with zero attached hydrogens (tertiary/aromatic N) is 4. The molecule has 1 amide bonds. The second kappa shape index (κ2) is 7.29. The van der Waals surface area contributed by atoms with Gasteiger partial charge in [-0.15, -0.1) is 5.10 Å². The molecule has 8 nitrogen and oxygen atoms in total. The first-order valence-electron chi connectivity index (χ1n) is 10.1. The van der Waals surface area contributed by atoms with Crippen LogP contribution in [0.15, 0.2) is 42.5 Å². The maximum Gasteiger partial charge on any atom is 0.242 e. The quantitative estimate of drug-likeness (QED) is 0.487. The highest BCUT2D eigenvalue weighted by atomic mass is 16.3. The first-order valence-corrected chi connectivity index (χ1v) is 10.1. The third kappa shape index (κ3) is 3.30. The summed E-state index contributed by atoms with van der Waals surface area (Å²) in [4.78, 5) is 22.0. The van der Waals surface area contributed by atoms with Crippen molar-refractivity contribution in [2.45, 2.75) is 32.2 Å². The van der Waals surface area contributed by atoms with Crippen molar-refractivity contribution in [3.05, 3.63) is 48.0 Å². The van der Waals surface area contributed by atoms with Crippen LogP contribution in [0.4, 0.5) is 5.95 Å². The number of carbonyl (C=O) groups excluding carboxylic acids is 1. The lowest BCUT2D eigenvalue weighted by molar-refractivity contribution is -0.121. The van der Waals surface area contributed by atoms with Crippen molar-refractivity contribution < 1.29 is 9.90 Å². The number of phenols is 1. The van der Waals surface area contributed by atoms with E-state index in [2.05, 4.69) is 15.7 Å². The average Bonchev–Trinajstić information content (AvgIpc) is 3.08. The van der Waals surface area contributed by atoms with Gasteiger partial charge in [0.2, 0.25) is 11.9 Å². The molecule has 152 valence electrons. The highest BCUT2D eigenvalue weighted by Crippen LogP contribution is 2.26. The van der Waals surface area contributed by atoms with Crippen LogP contribution in [0.2, 0.25) is 0 Å². The van der Waals surface area contributed by atoms with Gasteiger partial charge in [-0.3, -0.25) is 4.79 Å². The molecule has 0 radical (unpaired) electrons. The van der Waals surface area contributed by atoms with E-state index in [1.54, 1.807) is 28.8 Å². The molecular weight excluding hydrogens is 380 g/mol. The van der Waals surface area contributed by atoms with Crippen LogP contribution in [-0.2, 0) is 4.79 Å². The smallest absolute Gasteiger partial charge is 0.242 e. The van der Waals surface area contributed by atoms with E-state index in [1.807, 2.05) is 25.1 Å². The van der Waals surface area contributed by atoms with Gasteiger partial charge in [-0.05, 0) is 68.1 Å². The fraction of sp³-hybridized carbons (Fsp3) is 0.273. The third-order valence-electron chi connectivity index (χ3n) is 5.39. The summed E-state index contributed by atoms with van der Waals surface area (Å²) in [5, 5.41) is 21.4. The Morgan fingerprint density at radius 1 is 1.13 bits per heavy atom. The molecule has 5 rings (SSSR count). The number of hydrogen-bond acceptors (Lipinski definition) is 6. The molecule has 2 aromatic carbocycles. The first-order chi connectivity index (χ1) is 14.6. The summed E-state index contributed by atoms with van der Waals surface area (Å²) in [6.07, 6.45) is 2.67. The molecule has 1 atom stereocenters. The summed E-state index contributed by atoms with van der Waals surface area (Å²) < 4.78 is 1.66. The lowest BCUT2D eigenvalue weighted by atomic mass is 10.1. The summed E-state index contributed by atoms with van der Waals surface area (Å²) in [5.74, 6) is 1.18. The van der Waals surface area contributed by atoms with Crippen LogP contribution >= 0.6 is 0 Å². The highest BCUT2D eigenvalue weighted by molar-refractivity contribution is 5.93. The molecule has 4 aromatic rings. The van der Waals surface area contributed by atoms with Gasteiger partial charge in [0.15, 0.2) is 11.5 Å². The van der Waals surface area contributed by atoms with Gasteiger partial charge in [-0.1, -0.05) is 6.07 Å². The lowest BCUT2D eigenvalue weighted by Crippen LogP contribution is -2.38. The molecule has 30 heavy (non-hydrogen) atoms. The van der Waals surface area contributed by atoms with Gasteiger partial charge >= 0.3 is 0 Å². The molecule has 8 heteroatoms. The number of aryl methyl sites for hydroxylation is 1. The van der Waals surface area contributed by atoms with Crippen molar-refractivity contribution in [2.75, 3.05) is 11.9 Å². The monoisotopic (exact) mass is 402 g/mol. The molecule has 0 spiro atoms. The van der Waals surface area contributed by atoms with Crippen LogP contribution in [0, 0.1) is 6.92 Å². The lowest BCUT2D eigenvalue weighted by Gasteiger charge is -2.16. The first kappa shape index (κ1) is 18.4. The van der Waals surface area contributed by atoms with Gasteiger partial charge in [0.25, 0.3) is 0 Å². The van der Waals surface area contributed by atoms with Gasteiger partial charge in [-0.25, -0.2) is 9.97 Å². The Balaban J connectivity index is 1.67. The SMILES string of the molecule is Cc1ccc2c(c1)nc(N[C@@H]1CCCCNC1=O)n1nc(-c3ccc(O)cc3)nc21. The third-order valence-corrected chi connectivity index (χ3v) is 5.39. The number of aromatic nitrogens is 4. The fourth-order valence-electron chi connectivity index (χ4n) is 3.78. The minimum atomic E-state index is -0.369. The fourth-order valence-corrected chi connectivity index (χ4v) is 3.78. The van der Waals surface area contributed by atoms with E-state index >= 15 is 0 Å². The van der Waals surface area contributed by atoms with Crippen LogP contribution in [0.5, 0.6) is 5.75 Å². The summed E-state index contributed by atoms with van der Waals surface area (Å²) in [6.45, 7) is 2.72. The number of nitrogens with one attached hydrogen (secondary N) is 2. The Labute approximate surface area is 173 Å². The second-order valence-corrected chi connectivity index (χ2v) is 7.66. The molecule has 1 fully saturated rings. The largest absolute Gasteiger partial charge is 0.508 e. The molecule has 0 unspecified atom stereocenters. The number of fused-ring (bicyclic) bond motifs is 3. The van der Waals surface area contributed by atoms with Crippen LogP contribution in [0.3, 0.4) is 0 Å². The number of rotatable bonds is 3. The maximum atomic E-state index is 12.5. The number of amides is 1. The van der Waals surface area contributed by atoms with Gasteiger partial charge in [0, 0.05) is 17.5 Å². The molecule has 2 aromatic heterocycles. The molecule has 1 saturated heterocycles. The van der Waals surface area contributed by atoms with E-state index in [1.165, 1.54) is 0 Å². The van der Waals surface area contributed by atoms with Gasteiger partial charge in [-0.2, -0.15) is 4.52 Å². The zero-order chi connectivity index (χ0) is 20.7. The van der Waals surface area contributed by atoms with Crippen LogP contribution < -0.4 is 10.6 Å². The number of carbonyl (C=O) groups is 1. The van der Waals surface area contributed by atoms with Gasteiger partial charge in [0.05, 0.1) is 5.52 Å². The van der Waals surface area contributed by atoms with Crippen molar-refractivity contribution in [3.8, 4) is 17.1 Å². The number of aromatic hydroxyl groups is 1. The second-order valence-electron chi connectivity index (χ2n) is 7.66. The number of benzene rings is 2.